The Hall–Kier alpha value is -1.92. The molecule has 2 rings (SSSR count). The van der Waals surface area contributed by atoms with Gasteiger partial charge in [-0.25, -0.2) is 4.98 Å². The fraction of sp³-hybridized carbons (Fsp3) is 0.375. The lowest BCUT2D eigenvalue weighted by Gasteiger charge is -2.06. The van der Waals surface area contributed by atoms with Crippen LogP contribution in [-0.2, 0) is 4.79 Å². The van der Waals surface area contributed by atoms with Crippen molar-refractivity contribution < 1.29 is 9.53 Å². The third kappa shape index (κ3) is 4.29. The van der Waals surface area contributed by atoms with E-state index in [-0.39, 0.29) is 12.5 Å². The van der Waals surface area contributed by atoms with E-state index < -0.39 is 0 Å². The minimum atomic E-state index is -0.236. The van der Waals surface area contributed by atoms with Gasteiger partial charge in [-0.1, -0.05) is 13.3 Å². The topological polar surface area (TPSA) is 77.2 Å². The lowest BCUT2D eigenvalue weighted by Crippen LogP contribution is -2.21. The number of anilines is 1. The average molecular weight is 319 g/mol. The molecule has 0 fully saturated rings. The second-order valence-corrected chi connectivity index (χ2v) is 6.11. The van der Waals surface area contributed by atoms with Crippen LogP contribution in [0.5, 0.6) is 5.75 Å². The van der Waals surface area contributed by atoms with Crippen molar-refractivity contribution in [3.63, 3.8) is 0 Å². The minimum absolute atomic E-state index is 0.0439. The Labute approximate surface area is 134 Å². The van der Waals surface area contributed by atoms with Crippen LogP contribution in [0.3, 0.4) is 0 Å². The van der Waals surface area contributed by atoms with Crippen molar-refractivity contribution in [3.05, 3.63) is 29.1 Å². The van der Waals surface area contributed by atoms with Gasteiger partial charge < -0.3 is 15.8 Å². The first-order chi connectivity index (χ1) is 10.6. The monoisotopic (exact) mass is 319 g/mol. The molecule has 1 amide bonds. The summed E-state index contributed by atoms with van der Waals surface area (Å²) < 4.78 is 5.65. The smallest absolute Gasteiger partial charge is 0.239 e. The van der Waals surface area contributed by atoms with Gasteiger partial charge in [-0.05, 0) is 37.6 Å². The highest BCUT2D eigenvalue weighted by atomic mass is 32.1. The summed E-state index contributed by atoms with van der Waals surface area (Å²) in [7, 11) is 0. The molecule has 1 aromatic carbocycles. The normalized spacial score (nSPS) is 10.5. The number of benzene rings is 1. The van der Waals surface area contributed by atoms with Gasteiger partial charge in [-0.15, -0.1) is 11.3 Å². The Balaban J connectivity index is 2.09. The van der Waals surface area contributed by atoms with E-state index in [1.165, 1.54) is 11.3 Å². The van der Waals surface area contributed by atoms with Gasteiger partial charge in [0.1, 0.15) is 5.75 Å². The van der Waals surface area contributed by atoms with Gasteiger partial charge in [0, 0.05) is 10.4 Å². The molecule has 0 atom stereocenters. The highest BCUT2D eigenvalue weighted by Crippen LogP contribution is 2.31. The van der Waals surface area contributed by atoms with Crippen molar-refractivity contribution in [2.75, 3.05) is 18.5 Å². The number of aryl methyl sites for hydroxylation is 1. The maximum Gasteiger partial charge on any atom is 0.239 e. The number of nitrogens with one attached hydrogen (secondary N) is 1. The van der Waals surface area contributed by atoms with Crippen LogP contribution < -0.4 is 15.8 Å². The molecule has 1 heterocycles. The summed E-state index contributed by atoms with van der Waals surface area (Å²) in [4.78, 5) is 16.8. The largest absolute Gasteiger partial charge is 0.494 e. The Bertz CT molecular complexity index is 623. The molecular weight excluding hydrogens is 298 g/mol. The fourth-order valence-electron chi connectivity index (χ4n) is 1.93. The number of carbonyl (C=O) groups excluding carboxylic acids is 1. The Kier molecular flexibility index (Phi) is 5.91. The second kappa shape index (κ2) is 7.91. The minimum Gasteiger partial charge on any atom is -0.494 e. The van der Waals surface area contributed by atoms with E-state index in [9.17, 15) is 4.79 Å². The maximum atomic E-state index is 11.3. The van der Waals surface area contributed by atoms with Crippen LogP contribution in [0, 0.1) is 6.92 Å². The number of thiazole rings is 1. The predicted octanol–water partition coefficient (Wildman–Crippen LogP) is 3.19. The summed E-state index contributed by atoms with van der Waals surface area (Å²) in [6.45, 7) is 4.81. The van der Waals surface area contributed by atoms with Crippen molar-refractivity contribution in [2.24, 2.45) is 5.73 Å². The van der Waals surface area contributed by atoms with Crippen molar-refractivity contribution >= 4 is 22.4 Å². The van der Waals surface area contributed by atoms with Gasteiger partial charge in [0.25, 0.3) is 0 Å². The van der Waals surface area contributed by atoms with Crippen molar-refractivity contribution in [1.29, 1.82) is 0 Å². The SMILES string of the molecule is CCCCOc1ccc(-c2nc(NC(=O)CN)sc2C)cc1. The molecule has 1 aromatic heterocycles. The number of nitrogens with zero attached hydrogens (tertiary/aromatic N) is 1. The van der Waals surface area contributed by atoms with Gasteiger partial charge in [0.05, 0.1) is 18.8 Å². The molecule has 0 bridgehead atoms. The molecule has 6 heteroatoms. The third-order valence-corrected chi connectivity index (χ3v) is 4.01. The average Bonchev–Trinajstić information content (AvgIpc) is 2.88. The summed E-state index contributed by atoms with van der Waals surface area (Å²) >= 11 is 1.44. The summed E-state index contributed by atoms with van der Waals surface area (Å²) in [5.41, 5.74) is 7.17. The Morgan fingerprint density at radius 1 is 1.36 bits per heavy atom. The van der Waals surface area contributed by atoms with E-state index in [1.54, 1.807) is 0 Å². The molecule has 0 aliphatic heterocycles. The number of aromatic nitrogens is 1. The van der Waals surface area contributed by atoms with Gasteiger partial charge in [-0.2, -0.15) is 0 Å². The molecule has 0 radical (unpaired) electrons. The molecule has 0 spiro atoms. The number of hydrogen-bond acceptors (Lipinski definition) is 5. The quantitative estimate of drug-likeness (QED) is 0.768. The van der Waals surface area contributed by atoms with E-state index in [2.05, 4.69) is 17.2 Å². The molecular formula is C16H21N3O2S. The number of rotatable bonds is 7. The van der Waals surface area contributed by atoms with Gasteiger partial charge >= 0.3 is 0 Å². The summed E-state index contributed by atoms with van der Waals surface area (Å²) in [5.74, 6) is 0.627. The van der Waals surface area contributed by atoms with Crippen LogP contribution in [0.15, 0.2) is 24.3 Å². The number of hydrogen-bond donors (Lipinski definition) is 2. The molecule has 5 nitrogen and oxygen atoms in total. The fourth-order valence-corrected chi connectivity index (χ4v) is 2.78. The molecule has 2 aromatic rings. The molecule has 0 aliphatic rings. The Morgan fingerprint density at radius 3 is 2.73 bits per heavy atom. The van der Waals surface area contributed by atoms with Crippen LogP contribution >= 0.6 is 11.3 Å². The zero-order valence-electron chi connectivity index (χ0n) is 12.9. The van der Waals surface area contributed by atoms with E-state index in [1.807, 2.05) is 31.2 Å². The molecule has 118 valence electrons. The molecule has 0 saturated heterocycles. The lowest BCUT2D eigenvalue weighted by atomic mass is 10.1. The first-order valence-corrected chi connectivity index (χ1v) is 8.16. The number of amides is 1. The predicted molar refractivity (Wildman–Crippen MR) is 90.4 cm³/mol. The molecule has 22 heavy (non-hydrogen) atoms. The first-order valence-electron chi connectivity index (χ1n) is 7.34. The number of nitrogens with two attached hydrogens (primary N) is 1. The van der Waals surface area contributed by atoms with Crippen molar-refractivity contribution in [3.8, 4) is 17.0 Å². The molecule has 0 aliphatic carbocycles. The summed E-state index contributed by atoms with van der Waals surface area (Å²) in [6.07, 6.45) is 2.17. The number of unbranched alkanes of at least 4 members (excludes halogenated alkanes) is 1. The van der Waals surface area contributed by atoms with Crippen molar-refractivity contribution in [2.45, 2.75) is 26.7 Å². The van der Waals surface area contributed by atoms with Crippen LogP contribution in [0.25, 0.3) is 11.3 Å². The van der Waals surface area contributed by atoms with E-state index >= 15 is 0 Å². The van der Waals surface area contributed by atoms with Crippen LogP contribution in [-0.4, -0.2) is 24.0 Å². The number of carbonyl (C=O) groups is 1. The number of ether oxygens (including phenoxy) is 1. The zero-order chi connectivity index (χ0) is 15.9. The zero-order valence-corrected chi connectivity index (χ0v) is 13.7. The van der Waals surface area contributed by atoms with Gasteiger partial charge in [0.2, 0.25) is 5.91 Å². The summed E-state index contributed by atoms with van der Waals surface area (Å²) in [6, 6.07) is 7.86. The van der Waals surface area contributed by atoms with Crippen LogP contribution in [0.1, 0.15) is 24.6 Å². The van der Waals surface area contributed by atoms with E-state index in [0.29, 0.717) is 5.13 Å². The van der Waals surface area contributed by atoms with Crippen molar-refractivity contribution in [1.82, 2.24) is 4.98 Å². The Morgan fingerprint density at radius 2 is 2.09 bits per heavy atom. The molecule has 0 saturated carbocycles. The summed E-state index contributed by atoms with van der Waals surface area (Å²) in [5, 5.41) is 3.26. The first kappa shape index (κ1) is 16.5. The third-order valence-electron chi connectivity index (χ3n) is 3.12. The van der Waals surface area contributed by atoms with E-state index in [4.69, 9.17) is 10.5 Å². The van der Waals surface area contributed by atoms with Crippen LogP contribution in [0.2, 0.25) is 0 Å². The molecule has 0 unspecified atom stereocenters. The maximum absolute atomic E-state index is 11.3. The second-order valence-electron chi connectivity index (χ2n) is 4.90. The van der Waals surface area contributed by atoms with E-state index in [0.717, 1.165) is 41.3 Å². The molecule has 3 N–H and O–H groups in total. The lowest BCUT2D eigenvalue weighted by molar-refractivity contribution is -0.114. The van der Waals surface area contributed by atoms with Crippen LogP contribution in [0.4, 0.5) is 5.13 Å². The van der Waals surface area contributed by atoms with Gasteiger partial charge in [-0.3, -0.25) is 4.79 Å². The standard InChI is InChI=1S/C16H21N3O2S/c1-3-4-9-21-13-7-5-12(6-8-13)15-11(2)22-16(19-15)18-14(20)10-17/h5-8H,3-4,9-10,17H2,1-2H3,(H,18,19,20). The highest BCUT2D eigenvalue weighted by molar-refractivity contribution is 7.16. The highest BCUT2D eigenvalue weighted by Gasteiger charge is 2.11. The van der Waals surface area contributed by atoms with Gasteiger partial charge in [0.15, 0.2) is 5.13 Å².